The van der Waals surface area contributed by atoms with Crippen LogP contribution in [-0.2, 0) is 4.79 Å². The number of amides is 1. The van der Waals surface area contributed by atoms with Gasteiger partial charge in [0.2, 0.25) is 0 Å². The Balaban J connectivity index is 1.89. The standard InChI is InChI=1S/C17H17NO3/c1-12-5-3-4-6-16(12)18-17(20)11-21-15-9-7-14(8-10-15)13(2)19/h3-10H,11H2,1-2H3,(H,18,20). The minimum absolute atomic E-state index is 0.00107. The Bertz CT molecular complexity index is 647. The monoisotopic (exact) mass is 283 g/mol. The van der Waals surface area contributed by atoms with E-state index in [0.29, 0.717) is 11.3 Å². The molecule has 0 unspecified atom stereocenters. The predicted molar refractivity (Wildman–Crippen MR) is 81.8 cm³/mol. The topological polar surface area (TPSA) is 55.4 Å². The second-order valence-electron chi connectivity index (χ2n) is 4.73. The summed E-state index contributed by atoms with van der Waals surface area (Å²) in [5.74, 6) is 0.332. The molecule has 2 aromatic rings. The molecule has 0 radical (unpaired) electrons. The van der Waals surface area contributed by atoms with Gasteiger partial charge in [-0.2, -0.15) is 0 Å². The van der Waals surface area contributed by atoms with E-state index >= 15 is 0 Å². The molecular formula is C17H17NO3. The van der Waals surface area contributed by atoms with E-state index in [1.165, 1.54) is 6.92 Å². The number of Topliss-reactive ketones (excluding diaryl/α,β-unsaturated/α-hetero) is 1. The lowest BCUT2D eigenvalue weighted by molar-refractivity contribution is -0.118. The lowest BCUT2D eigenvalue weighted by Crippen LogP contribution is -2.20. The lowest BCUT2D eigenvalue weighted by Gasteiger charge is -2.09. The van der Waals surface area contributed by atoms with Gasteiger partial charge in [0.05, 0.1) is 0 Å². The second kappa shape index (κ2) is 6.70. The van der Waals surface area contributed by atoms with Crippen LogP contribution >= 0.6 is 0 Å². The van der Waals surface area contributed by atoms with Crippen LogP contribution in [0.2, 0.25) is 0 Å². The largest absolute Gasteiger partial charge is 0.484 e. The van der Waals surface area contributed by atoms with Gasteiger partial charge in [0.25, 0.3) is 5.91 Å². The fourth-order valence-corrected chi connectivity index (χ4v) is 1.83. The van der Waals surface area contributed by atoms with Gasteiger partial charge in [0, 0.05) is 11.3 Å². The number of ketones is 1. The van der Waals surface area contributed by atoms with Gasteiger partial charge in [-0.15, -0.1) is 0 Å². The van der Waals surface area contributed by atoms with Crippen molar-refractivity contribution < 1.29 is 14.3 Å². The molecule has 0 saturated carbocycles. The van der Waals surface area contributed by atoms with Gasteiger partial charge in [-0.05, 0) is 49.7 Å². The van der Waals surface area contributed by atoms with E-state index in [2.05, 4.69) is 5.32 Å². The second-order valence-corrected chi connectivity index (χ2v) is 4.73. The minimum atomic E-state index is -0.222. The first-order valence-electron chi connectivity index (χ1n) is 6.65. The molecule has 0 aliphatic heterocycles. The van der Waals surface area contributed by atoms with E-state index in [0.717, 1.165) is 11.3 Å². The van der Waals surface area contributed by atoms with Crippen molar-refractivity contribution in [3.8, 4) is 5.75 Å². The summed E-state index contributed by atoms with van der Waals surface area (Å²) in [6.07, 6.45) is 0. The van der Waals surface area contributed by atoms with Crippen molar-refractivity contribution in [2.75, 3.05) is 11.9 Å². The number of anilines is 1. The van der Waals surface area contributed by atoms with Crippen LogP contribution in [-0.4, -0.2) is 18.3 Å². The first-order chi connectivity index (χ1) is 10.1. The predicted octanol–water partition coefficient (Wildman–Crippen LogP) is 3.22. The van der Waals surface area contributed by atoms with Crippen molar-refractivity contribution in [3.63, 3.8) is 0 Å². The van der Waals surface area contributed by atoms with Crippen molar-refractivity contribution in [2.45, 2.75) is 13.8 Å². The highest BCUT2D eigenvalue weighted by molar-refractivity contribution is 5.94. The molecular weight excluding hydrogens is 266 g/mol. The van der Waals surface area contributed by atoms with Crippen molar-refractivity contribution in [1.82, 2.24) is 0 Å². The zero-order valence-electron chi connectivity index (χ0n) is 12.1. The van der Waals surface area contributed by atoms with E-state index in [1.54, 1.807) is 24.3 Å². The molecule has 1 N–H and O–H groups in total. The fourth-order valence-electron chi connectivity index (χ4n) is 1.83. The molecule has 0 atom stereocenters. The molecule has 0 aliphatic carbocycles. The van der Waals surface area contributed by atoms with Gasteiger partial charge in [0.1, 0.15) is 5.75 Å². The average molecular weight is 283 g/mol. The average Bonchev–Trinajstić information content (AvgIpc) is 2.48. The summed E-state index contributed by atoms with van der Waals surface area (Å²) in [6, 6.07) is 14.3. The van der Waals surface area contributed by atoms with Crippen LogP contribution in [0.15, 0.2) is 48.5 Å². The number of nitrogens with one attached hydrogen (secondary N) is 1. The summed E-state index contributed by atoms with van der Waals surface area (Å²) >= 11 is 0. The Morgan fingerprint density at radius 2 is 1.71 bits per heavy atom. The van der Waals surface area contributed by atoms with Crippen LogP contribution in [0.1, 0.15) is 22.8 Å². The summed E-state index contributed by atoms with van der Waals surface area (Å²) in [4.78, 5) is 23.0. The Kier molecular flexibility index (Phi) is 4.72. The van der Waals surface area contributed by atoms with Crippen LogP contribution in [0.5, 0.6) is 5.75 Å². The summed E-state index contributed by atoms with van der Waals surface area (Å²) in [6.45, 7) is 3.36. The summed E-state index contributed by atoms with van der Waals surface area (Å²) in [5, 5.41) is 2.79. The van der Waals surface area contributed by atoms with E-state index in [1.807, 2.05) is 31.2 Å². The zero-order chi connectivity index (χ0) is 15.2. The van der Waals surface area contributed by atoms with E-state index in [4.69, 9.17) is 4.74 Å². The number of benzene rings is 2. The normalized spacial score (nSPS) is 10.0. The third-order valence-electron chi connectivity index (χ3n) is 3.05. The molecule has 0 aliphatic rings. The van der Waals surface area contributed by atoms with Crippen LogP contribution in [0, 0.1) is 6.92 Å². The van der Waals surface area contributed by atoms with Crippen LogP contribution in [0.25, 0.3) is 0 Å². The highest BCUT2D eigenvalue weighted by Crippen LogP contribution is 2.14. The SMILES string of the molecule is CC(=O)c1ccc(OCC(=O)Nc2ccccc2C)cc1. The van der Waals surface area contributed by atoms with Crippen molar-refractivity contribution >= 4 is 17.4 Å². The first-order valence-corrected chi connectivity index (χ1v) is 6.65. The van der Waals surface area contributed by atoms with Crippen LogP contribution < -0.4 is 10.1 Å². The van der Waals surface area contributed by atoms with Crippen molar-refractivity contribution in [3.05, 3.63) is 59.7 Å². The molecule has 0 heterocycles. The molecule has 0 fully saturated rings. The summed E-state index contributed by atoms with van der Waals surface area (Å²) in [5.41, 5.74) is 2.39. The van der Waals surface area contributed by atoms with Gasteiger partial charge < -0.3 is 10.1 Å². The molecule has 0 aromatic heterocycles. The number of aryl methyl sites for hydroxylation is 1. The highest BCUT2D eigenvalue weighted by Gasteiger charge is 2.06. The molecule has 2 aromatic carbocycles. The molecule has 4 nitrogen and oxygen atoms in total. The van der Waals surface area contributed by atoms with Crippen molar-refractivity contribution in [1.29, 1.82) is 0 Å². The Morgan fingerprint density at radius 3 is 2.33 bits per heavy atom. The molecule has 4 heteroatoms. The van der Waals surface area contributed by atoms with E-state index < -0.39 is 0 Å². The Labute approximate surface area is 123 Å². The van der Waals surface area contributed by atoms with Gasteiger partial charge >= 0.3 is 0 Å². The number of carbonyl (C=O) groups is 2. The summed E-state index contributed by atoms with van der Waals surface area (Å²) < 4.78 is 5.39. The first kappa shape index (κ1) is 14.8. The summed E-state index contributed by atoms with van der Waals surface area (Å²) in [7, 11) is 0. The number of rotatable bonds is 5. The molecule has 0 spiro atoms. The number of para-hydroxylation sites is 1. The number of hydrogen-bond donors (Lipinski definition) is 1. The van der Waals surface area contributed by atoms with Gasteiger partial charge in [-0.3, -0.25) is 9.59 Å². The number of ether oxygens (including phenoxy) is 1. The smallest absolute Gasteiger partial charge is 0.262 e. The van der Waals surface area contributed by atoms with Crippen molar-refractivity contribution in [2.24, 2.45) is 0 Å². The van der Waals surface area contributed by atoms with E-state index in [-0.39, 0.29) is 18.3 Å². The minimum Gasteiger partial charge on any atom is -0.484 e. The van der Waals surface area contributed by atoms with E-state index in [9.17, 15) is 9.59 Å². The maximum atomic E-state index is 11.8. The van der Waals surface area contributed by atoms with Gasteiger partial charge in [-0.25, -0.2) is 0 Å². The molecule has 0 saturated heterocycles. The number of carbonyl (C=O) groups excluding carboxylic acids is 2. The van der Waals surface area contributed by atoms with Crippen LogP contribution in [0.3, 0.4) is 0 Å². The maximum absolute atomic E-state index is 11.8. The van der Waals surface area contributed by atoms with Gasteiger partial charge in [-0.1, -0.05) is 18.2 Å². The Morgan fingerprint density at radius 1 is 1.05 bits per heavy atom. The maximum Gasteiger partial charge on any atom is 0.262 e. The lowest BCUT2D eigenvalue weighted by atomic mass is 10.1. The molecule has 21 heavy (non-hydrogen) atoms. The van der Waals surface area contributed by atoms with Crippen LogP contribution in [0.4, 0.5) is 5.69 Å². The fraction of sp³-hybridized carbons (Fsp3) is 0.176. The molecule has 1 amide bonds. The molecule has 0 bridgehead atoms. The van der Waals surface area contributed by atoms with Gasteiger partial charge in [0.15, 0.2) is 12.4 Å². The molecule has 108 valence electrons. The highest BCUT2D eigenvalue weighted by atomic mass is 16.5. The quantitative estimate of drug-likeness (QED) is 0.857. The third kappa shape index (κ3) is 4.18. The molecule has 2 rings (SSSR count). The number of hydrogen-bond acceptors (Lipinski definition) is 3. The zero-order valence-corrected chi connectivity index (χ0v) is 12.1. The third-order valence-corrected chi connectivity index (χ3v) is 3.05. The Hall–Kier alpha value is -2.62.